The SMILES string of the molecule is CCC(C)N(C)CCNC1=NCCS1. The Labute approximate surface area is 91.3 Å². The lowest BCUT2D eigenvalue weighted by atomic mass is 10.2. The Bertz CT molecular complexity index is 194. The van der Waals surface area contributed by atoms with Crippen molar-refractivity contribution in [1.29, 1.82) is 0 Å². The summed E-state index contributed by atoms with van der Waals surface area (Å²) in [6, 6.07) is 0.676. The number of thioether (sulfide) groups is 1. The molecule has 0 bridgehead atoms. The van der Waals surface area contributed by atoms with Gasteiger partial charge in [0, 0.05) is 24.9 Å². The molecule has 0 fully saturated rings. The molecular formula is C10H21N3S. The van der Waals surface area contributed by atoms with Gasteiger partial charge in [0.15, 0.2) is 5.17 Å². The molecule has 82 valence electrons. The molecule has 1 atom stereocenters. The maximum absolute atomic E-state index is 4.35. The zero-order valence-electron chi connectivity index (χ0n) is 9.42. The molecule has 1 aliphatic rings. The van der Waals surface area contributed by atoms with Crippen LogP contribution in [0.2, 0.25) is 0 Å². The summed E-state index contributed by atoms with van der Waals surface area (Å²) in [6.45, 7) is 7.57. The molecule has 1 heterocycles. The highest BCUT2D eigenvalue weighted by Crippen LogP contribution is 2.08. The number of rotatable bonds is 5. The van der Waals surface area contributed by atoms with Crippen molar-refractivity contribution >= 4 is 16.9 Å². The van der Waals surface area contributed by atoms with Crippen LogP contribution in [0, 0.1) is 0 Å². The number of hydrogen-bond acceptors (Lipinski definition) is 4. The van der Waals surface area contributed by atoms with Crippen molar-refractivity contribution in [3.05, 3.63) is 0 Å². The van der Waals surface area contributed by atoms with Gasteiger partial charge in [-0.15, -0.1) is 0 Å². The second kappa shape index (κ2) is 6.30. The van der Waals surface area contributed by atoms with Crippen molar-refractivity contribution in [3.8, 4) is 0 Å². The zero-order valence-corrected chi connectivity index (χ0v) is 10.2. The number of nitrogens with one attached hydrogen (secondary N) is 1. The minimum atomic E-state index is 0.676. The van der Waals surface area contributed by atoms with Gasteiger partial charge in [-0.1, -0.05) is 18.7 Å². The van der Waals surface area contributed by atoms with Crippen LogP contribution in [0.1, 0.15) is 20.3 Å². The van der Waals surface area contributed by atoms with Crippen molar-refractivity contribution in [2.75, 3.05) is 32.4 Å². The Morgan fingerprint density at radius 3 is 3.00 bits per heavy atom. The van der Waals surface area contributed by atoms with E-state index in [2.05, 4.69) is 36.1 Å². The average molecular weight is 215 g/mol. The molecule has 0 aliphatic carbocycles. The second-order valence-corrected chi connectivity index (χ2v) is 4.78. The highest BCUT2D eigenvalue weighted by molar-refractivity contribution is 8.14. The molecular weight excluding hydrogens is 194 g/mol. The molecule has 1 N–H and O–H groups in total. The Hall–Kier alpha value is -0.220. The summed E-state index contributed by atoms with van der Waals surface area (Å²) in [4.78, 5) is 6.73. The van der Waals surface area contributed by atoms with E-state index in [0.29, 0.717) is 6.04 Å². The monoisotopic (exact) mass is 215 g/mol. The fourth-order valence-corrected chi connectivity index (χ4v) is 2.08. The molecule has 0 radical (unpaired) electrons. The standard InChI is InChI=1S/C10H21N3S/c1-4-9(2)13(3)7-5-11-10-12-6-8-14-10/h9H,4-8H2,1-3H3,(H,11,12). The van der Waals surface area contributed by atoms with Crippen LogP contribution in [0.15, 0.2) is 4.99 Å². The molecule has 1 rings (SSSR count). The minimum Gasteiger partial charge on any atom is -0.364 e. The molecule has 0 aromatic rings. The number of hydrogen-bond donors (Lipinski definition) is 1. The van der Waals surface area contributed by atoms with Crippen LogP contribution >= 0.6 is 11.8 Å². The molecule has 1 unspecified atom stereocenters. The normalized spacial score (nSPS) is 18.4. The van der Waals surface area contributed by atoms with Crippen molar-refractivity contribution in [2.24, 2.45) is 4.99 Å². The summed E-state index contributed by atoms with van der Waals surface area (Å²) < 4.78 is 0. The van der Waals surface area contributed by atoms with Crippen LogP contribution in [0.5, 0.6) is 0 Å². The van der Waals surface area contributed by atoms with Gasteiger partial charge in [-0.25, -0.2) is 0 Å². The van der Waals surface area contributed by atoms with Crippen molar-refractivity contribution in [2.45, 2.75) is 26.3 Å². The molecule has 4 heteroatoms. The third-order valence-corrected chi connectivity index (χ3v) is 3.60. The fraction of sp³-hybridized carbons (Fsp3) is 0.900. The van der Waals surface area contributed by atoms with E-state index in [1.165, 1.54) is 6.42 Å². The number of aliphatic imine (C=N–C) groups is 1. The Balaban J connectivity index is 2.08. The predicted molar refractivity (Wildman–Crippen MR) is 65.1 cm³/mol. The van der Waals surface area contributed by atoms with Crippen LogP contribution in [0.3, 0.4) is 0 Å². The van der Waals surface area contributed by atoms with Crippen LogP contribution in [0.4, 0.5) is 0 Å². The van der Waals surface area contributed by atoms with Crippen LogP contribution in [0.25, 0.3) is 0 Å². The molecule has 1 aliphatic heterocycles. The van der Waals surface area contributed by atoms with E-state index in [0.717, 1.165) is 30.6 Å². The van der Waals surface area contributed by atoms with Gasteiger partial charge < -0.3 is 10.2 Å². The summed E-state index contributed by atoms with van der Waals surface area (Å²) in [6.07, 6.45) is 1.21. The first kappa shape index (κ1) is 11.9. The Morgan fingerprint density at radius 2 is 2.43 bits per heavy atom. The lowest BCUT2D eigenvalue weighted by Gasteiger charge is -2.23. The van der Waals surface area contributed by atoms with Crippen molar-refractivity contribution in [3.63, 3.8) is 0 Å². The highest BCUT2D eigenvalue weighted by Gasteiger charge is 2.08. The maximum atomic E-state index is 4.35. The van der Waals surface area contributed by atoms with Crippen LogP contribution < -0.4 is 5.32 Å². The quantitative estimate of drug-likeness (QED) is 0.751. The molecule has 0 aromatic heterocycles. The molecule has 0 spiro atoms. The van der Waals surface area contributed by atoms with E-state index >= 15 is 0 Å². The topological polar surface area (TPSA) is 27.6 Å². The summed E-state index contributed by atoms with van der Waals surface area (Å²) in [7, 11) is 2.18. The van der Waals surface area contributed by atoms with Crippen LogP contribution in [-0.2, 0) is 0 Å². The van der Waals surface area contributed by atoms with E-state index in [4.69, 9.17) is 0 Å². The number of nitrogens with zero attached hydrogens (tertiary/aromatic N) is 2. The average Bonchev–Trinajstić information content (AvgIpc) is 2.69. The largest absolute Gasteiger partial charge is 0.364 e. The van der Waals surface area contributed by atoms with Crippen molar-refractivity contribution < 1.29 is 0 Å². The molecule has 0 saturated heterocycles. The van der Waals surface area contributed by atoms with Gasteiger partial charge in [0.1, 0.15) is 0 Å². The third-order valence-electron chi connectivity index (χ3n) is 2.67. The summed E-state index contributed by atoms with van der Waals surface area (Å²) in [5, 5.41) is 4.49. The maximum Gasteiger partial charge on any atom is 0.156 e. The first-order chi connectivity index (χ1) is 6.74. The third kappa shape index (κ3) is 3.88. The van der Waals surface area contributed by atoms with E-state index in [1.54, 1.807) is 0 Å². The summed E-state index contributed by atoms with van der Waals surface area (Å²) >= 11 is 1.83. The second-order valence-electron chi connectivity index (χ2n) is 3.70. The van der Waals surface area contributed by atoms with Gasteiger partial charge in [0.25, 0.3) is 0 Å². The summed E-state index contributed by atoms with van der Waals surface area (Å²) in [5.41, 5.74) is 0. The minimum absolute atomic E-state index is 0.676. The van der Waals surface area contributed by atoms with E-state index in [9.17, 15) is 0 Å². The number of amidine groups is 1. The first-order valence-corrected chi connectivity index (χ1v) is 6.34. The van der Waals surface area contributed by atoms with Gasteiger partial charge in [-0.05, 0) is 20.4 Å². The van der Waals surface area contributed by atoms with E-state index in [1.807, 2.05) is 11.8 Å². The predicted octanol–water partition coefficient (Wildman–Crippen LogP) is 1.41. The molecule has 0 aromatic carbocycles. The van der Waals surface area contributed by atoms with E-state index in [-0.39, 0.29) is 0 Å². The highest BCUT2D eigenvalue weighted by atomic mass is 32.2. The molecule has 0 saturated carbocycles. The van der Waals surface area contributed by atoms with E-state index < -0.39 is 0 Å². The van der Waals surface area contributed by atoms with Gasteiger partial charge >= 0.3 is 0 Å². The first-order valence-electron chi connectivity index (χ1n) is 5.35. The van der Waals surface area contributed by atoms with Gasteiger partial charge in [-0.3, -0.25) is 4.99 Å². The lowest BCUT2D eigenvalue weighted by Crippen LogP contribution is -2.36. The zero-order chi connectivity index (χ0) is 10.4. The molecule has 14 heavy (non-hydrogen) atoms. The van der Waals surface area contributed by atoms with Gasteiger partial charge in [0.05, 0.1) is 6.54 Å². The smallest absolute Gasteiger partial charge is 0.156 e. The van der Waals surface area contributed by atoms with Crippen LogP contribution in [-0.4, -0.2) is 48.5 Å². The molecule has 3 nitrogen and oxygen atoms in total. The fourth-order valence-electron chi connectivity index (χ4n) is 1.31. The van der Waals surface area contributed by atoms with Gasteiger partial charge in [-0.2, -0.15) is 0 Å². The number of likely N-dealkylation sites (N-methyl/N-ethyl adjacent to an activating group) is 1. The summed E-state index contributed by atoms with van der Waals surface area (Å²) in [5.74, 6) is 1.14. The van der Waals surface area contributed by atoms with Gasteiger partial charge in [0.2, 0.25) is 0 Å². The molecule has 0 amide bonds. The Morgan fingerprint density at radius 1 is 1.64 bits per heavy atom. The Kier molecular flexibility index (Phi) is 5.33. The van der Waals surface area contributed by atoms with Crippen molar-refractivity contribution in [1.82, 2.24) is 10.2 Å². The lowest BCUT2D eigenvalue weighted by molar-refractivity contribution is 0.256.